The Hall–Kier alpha value is -2.10. The lowest BCUT2D eigenvalue weighted by molar-refractivity contribution is 0.391. The highest BCUT2D eigenvalue weighted by molar-refractivity contribution is 5.67. The molecule has 0 aliphatic heterocycles. The summed E-state index contributed by atoms with van der Waals surface area (Å²) in [6.45, 7) is 1.76. The van der Waals surface area contributed by atoms with Crippen LogP contribution in [0.4, 0.5) is 5.69 Å². The van der Waals surface area contributed by atoms with Crippen molar-refractivity contribution in [2.75, 3.05) is 5.73 Å². The Kier molecular flexibility index (Phi) is 2.49. The van der Waals surface area contributed by atoms with Gasteiger partial charge in [-0.15, -0.1) is 0 Å². The number of hydrogen-bond donors (Lipinski definition) is 1. The highest BCUT2D eigenvalue weighted by Gasteiger charge is 1.96. The van der Waals surface area contributed by atoms with Gasteiger partial charge in [-0.3, -0.25) is 0 Å². The summed E-state index contributed by atoms with van der Waals surface area (Å²) in [6, 6.07) is 7.56. The number of aromatic nitrogens is 2. The van der Waals surface area contributed by atoms with E-state index in [0.717, 1.165) is 11.3 Å². The smallest absolute Gasteiger partial charge is 0.223 e. The molecule has 1 aromatic carbocycles. The second-order valence-electron chi connectivity index (χ2n) is 3.17. The molecule has 0 aliphatic carbocycles. The minimum Gasteiger partial charge on any atom is -0.399 e. The molecule has 4 nitrogen and oxygen atoms in total. The van der Waals surface area contributed by atoms with Crippen LogP contribution in [0.5, 0.6) is 0 Å². The van der Waals surface area contributed by atoms with Crippen molar-refractivity contribution in [3.05, 3.63) is 41.5 Å². The first kappa shape index (κ1) is 9.45. The second-order valence-corrected chi connectivity index (χ2v) is 3.17. The molecule has 0 saturated carbocycles. The third-order valence-corrected chi connectivity index (χ3v) is 1.90. The predicted octanol–water partition coefficient (Wildman–Crippen LogP) is 2.13. The number of nitrogens with zero attached hydrogens (tertiary/aromatic N) is 2. The molecule has 76 valence electrons. The quantitative estimate of drug-likeness (QED) is 0.756. The van der Waals surface area contributed by atoms with E-state index in [-0.39, 0.29) is 0 Å². The number of benzene rings is 1. The van der Waals surface area contributed by atoms with Crippen molar-refractivity contribution in [2.24, 2.45) is 0 Å². The molecule has 0 amide bonds. The molecule has 0 atom stereocenters. The van der Waals surface area contributed by atoms with Crippen LogP contribution in [0.25, 0.3) is 12.2 Å². The standard InChI is InChI=1S/C11H11N3O/c1-8-13-11(14-15-8)7-4-9-2-5-10(12)6-3-9/h2-7H,12H2,1H3/b7-4+. The van der Waals surface area contributed by atoms with E-state index in [9.17, 15) is 0 Å². The number of hydrogen-bond acceptors (Lipinski definition) is 4. The molecular formula is C11H11N3O. The molecule has 2 N–H and O–H groups in total. The minimum absolute atomic E-state index is 0.562. The van der Waals surface area contributed by atoms with Gasteiger partial charge < -0.3 is 10.3 Å². The topological polar surface area (TPSA) is 64.9 Å². The van der Waals surface area contributed by atoms with E-state index in [4.69, 9.17) is 10.3 Å². The average Bonchev–Trinajstić information content (AvgIpc) is 2.64. The average molecular weight is 201 g/mol. The zero-order valence-electron chi connectivity index (χ0n) is 8.34. The summed E-state index contributed by atoms with van der Waals surface area (Å²) in [6.07, 6.45) is 3.70. The molecule has 1 aromatic heterocycles. The van der Waals surface area contributed by atoms with Crippen molar-refractivity contribution >= 4 is 17.8 Å². The van der Waals surface area contributed by atoms with Crippen molar-refractivity contribution < 1.29 is 4.52 Å². The fraction of sp³-hybridized carbons (Fsp3) is 0.0909. The summed E-state index contributed by atoms with van der Waals surface area (Å²) < 4.78 is 4.84. The van der Waals surface area contributed by atoms with E-state index in [1.807, 2.05) is 30.3 Å². The Bertz CT molecular complexity index is 471. The Morgan fingerprint density at radius 1 is 1.20 bits per heavy atom. The van der Waals surface area contributed by atoms with Gasteiger partial charge >= 0.3 is 0 Å². The molecule has 0 bridgehead atoms. The minimum atomic E-state index is 0.562. The first-order valence-corrected chi connectivity index (χ1v) is 4.58. The molecule has 0 fully saturated rings. The number of nitrogen functional groups attached to an aromatic ring is 1. The number of aryl methyl sites for hydroxylation is 1. The number of anilines is 1. The maximum atomic E-state index is 5.57. The van der Waals surface area contributed by atoms with Gasteiger partial charge in [0.25, 0.3) is 0 Å². The van der Waals surface area contributed by atoms with Gasteiger partial charge in [-0.25, -0.2) is 0 Å². The van der Waals surface area contributed by atoms with E-state index in [1.165, 1.54) is 0 Å². The monoisotopic (exact) mass is 201 g/mol. The van der Waals surface area contributed by atoms with Gasteiger partial charge in [0.2, 0.25) is 5.89 Å². The van der Waals surface area contributed by atoms with E-state index >= 15 is 0 Å². The zero-order valence-corrected chi connectivity index (χ0v) is 8.34. The van der Waals surface area contributed by atoms with Crippen molar-refractivity contribution in [3.63, 3.8) is 0 Å². The van der Waals surface area contributed by atoms with Crippen molar-refractivity contribution in [1.82, 2.24) is 10.1 Å². The summed E-state index contributed by atoms with van der Waals surface area (Å²) in [5, 5.41) is 3.75. The van der Waals surface area contributed by atoms with Gasteiger partial charge in [-0.2, -0.15) is 4.98 Å². The molecule has 2 aromatic rings. The fourth-order valence-electron chi connectivity index (χ4n) is 1.16. The summed E-state index contributed by atoms with van der Waals surface area (Å²) in [4.78, 5) is 4.05. The van der Waals surface area contributed by atoms with Gasteiger partial charge in [0.05, 0.1) is 0 Å². The van der Waals surface area contributed by atoms with E-state index in [1.54, 1.807) is 13.0 Å². The first-order chi connectivity index (χ1) is 7.24. The largest absolute Gasteiger partial charge is 0.399 e. The molecule has 0 saturated heterocycles. The molecule has 0 unspecified atom stereocenters. The van der Waals surface area contributed by atoms with Gasteiger partial charge in [-0.05, 0) is 23.8 Å². The third kappa shape index (κ3) is 2.43. The van der Waals surface area contributed by atoms with E-state index in [2.05, 4.69) is 10.1 Å². The molecule has 0 aliphatic rings. The van der Waals surface area contributed by atoms with E-state index in [0.29, 0.717) is 11.7 Å². The molecule has 4 heteroatoms. The van der Waals surface area contributed by atoms with Crippen LogP contribution in [0, 0.1) is 6.92 Å². The van der Waals surface area contributed by atoms with Crippen LogP contribution in [0.15, 0.2) is 28.8 Å². The molecule has 0 radical (unpaired) electrons. The number of rotatable bonds is 2. The van der Waals surface area contributed by atoms with Crippen LogP contribution in [0.3, 0.4) is 0 Å². The lowest BCUT2D eigenvalue weighted by atomic mass is 10.2. The summed E-state index contributed by atoms with van der Waals surface area (Å²) >= 11 is 0. The predicted molar refractivity (Wildman–Crippen MR) is 58.8 cm³/mol. The summed E-state index contributed by atoms with van der Waals surface area (Å²) in [5.74, 6) is 1.14. The van der Waals surface area contributed by atoms with Gasteiger partial charge in [-0.1, -0.05) is 23.4 Å². The van der Waals surface area contributed by atoms with Crippen molar-refractivity contribution in [3.8, 4) is 0 Å². The maximum Gasteiger partial charge on any atom is 0.223 e. The second kappa shape index (κ2) is 3.96. The molecule has 0 spiro atoms. The third-order valence-electron chi connectivity index (χ3n) is 1.90. The highest BCUT2D eigenvalue weighted by Crippen LogP contribution is 2.08. The van der Waals surface area contributed by atoms with Crippen molar-refractivity contribution in [1.29, 1.82) is 0 Å². The van der Waals surface area contributed by atoms with Crippen LogP contribution >= 0.6 is 0 Å². The molecule has 15 heavy (non-hydrogen) atoms. The Morgan fingerprint density at radius 3 is 2.53 bits per heavy atom. The SMILES string of the molecule is Cc1nc(/C=C/c2ccc(N)cc2)no1. The summed E-state index contributed by atoms with van der Waals surface area (Å²) in [5.41, 5.74) is 7.37. The first-order valence-electron chi connectivity index (χ1n) is 4.58. The van der Waals surface area contributed by atoms with Crippen LogP contribution in [-0.2, 0) is 0 Å². The maximum absolute atomic E-state index is 5.57. The van der Waals surface area contributed by atoms with Crippen LogP contribution in [0.2, 0.25) is 0 Å². The molecule has 2 rings (SSSR count). The van der Waals surface area contributed by atoms with Gasteiger partial charge in [0.1, 0.15) is 0 Å². The molecular weight excluding hydrogens is 190 g/mol. The fourth-order valence-corrected chi connectivity index (χ4v) is 1.16. The van der Waals surface area contributed by atoms with Gasteiger partial charge in [0.15, 0.2) is 5.82 Å². The normalized spacial score (nSPS) is 11.0. The zero-order chi connectivity index (χ0) is 10.7. The Labute approximate surface area is 87.4 Å². The van der Waals surface area contributed by atoms with Crippen LogP contribution < -0.4 is 5.73 Å². The van der Waals surface area contributed by atoms with Crippen LogP contribution in [0.1, 0.15) is 17.3 Å². The lowest BCUT2D eigenvalue weighted by Crippen LogP contribution is -1.82. The Morgan fingerprint density at radius 2 is 1.93 bits per heavy atom. The number of nitrogens with two attached hydrogens (primary N) is 1. The lowest BCUT2D eigenvalue weighted by Gasteiger charge is -1.93. The summed E-state index contributed by atoms with van der Waals surface area (Å²) in [7, 11) is 0. The highest BCUT2D eigenvalue weighted by atomic mass is 16.5. The van der Waals surface area contributed by atoms with Gasteiger partial charge in [0, 0.05) is 12.6 Å². The Balaban J connectivity index is 2.14. The van der Waals surface area contributed by atoms with E-state index < -0.39 is 0 Å². The van der Waals surface area contributed by atoms with Crippen molar-refractivity contribution in [2.45, 2.75) is 6.92 Å². The molecule has 1 heterocycles. The van der Waals surface area contributed by atoms with Crippen LogP contribution in [-0.4, -0.2) is 10.1 Å².